The van der Waals surface area contributed by atoms with Crippen molar-refractivity contribution < 1.29 is 9.53 Å². The fourth-order valence-corrected chi connectivity index (χ4v) is 4.12. The summed E-state index contributed by atoms with van der Waals surface area (Å²) in [7, 11) is 0. The lowest BCUT2D eigenvalue weighted by atomic mass is 10.1. The second-order valence-electron chi connectivity index (χ2n) is 6.21. The number of guanidine groups is 1. The molecule has 2 saturated heterocycles. The first-order chi connectivity index (χ1) is 10.5. The fourth-order valence-electron chi connectivity index (χ4n) is 2.89. The number of likely N-dealkylation sites (tertiary alicyclic amines) is 1. The van der Waals surface area contributed by atoms with Crippen molar-refractivity contribution in [3.05, 3.63) is 0 Å². The smallest absolute Gasteiger partial charge is 0.409 e. The summed E-state index contributed by atoms with van der Waals surface area (Å²) in [4.78, 5) is 17.9. The monoisotopic (exact) mass is 328 g/mol. The van der Waals surface area contributed by atoms with Crippen molar-refractivity contribution in [3.8, 4) is 0 Å². The Hall–Kier alpha value is -1.11. The second-order valence-corrected chi connectivity index (χ2v) is 7.89. The van der Waals surface area contributed by atoms with Gasteiger partial charge in [0.05, 0.1) is 13.2 Å². The van der Waals surface area contributed by atoms with Crippen LogP contribution < -0.4 is 11.1 Å². The fraction of sp³-hybridized carbons (Fsp3) is 0.867. The van der Waals surface area contributed by atoms with Crippen molar-refractivity contribution in [2.24, 2.45) is 10.7 Å². The summed E-state index contributed by atoms with van der Waals surface area (Å²) in [5.41, 5.74) is 6.01. The zero-order chi connectivity index (χ0) is 16.0. The summed E-state index contributed by atoms with van der Waals surface area (Å²) in [6, 6.07) is 0.290. The second kappa shape index (κ2) is 7.94. The third kappa shape index (κ3) is 4.97. The first-order valence-electron chi connectivity index (χ1n) is 8.14. The number of aliphatic imine (C=N–C) groups is 1. The Morgan fingerprint density at radius 3 is 2.82 bits per heavy atom. The van der Waals surface area contributed by atoms with Gasteiger partial charge in [0.15, 0.2) is 5.96 Å². The Kier molecular flexibility index (Phi) is 6.23. The highest BCUT2D eigenvalue weighted by atomic mass is 32.2. The number of thioether (sulfide) groups is 1. The number of nitrogens with two attached hydrogens (primary N) is 1. The van der Waals surface area contributed by atoms with E-state index in [2.05, 4.69) is 17.2 Å². The maximum atomic E-state index is 11.6. The molecule has 0 bridgehead atoms. The van der Waals surface area contributed by atoms with Crippen LogP contribution in [-0.4, -0.2) is 59.7 Å². The molecule has 0 aromatic heterocycles. The van der Waals surface area contributed by atoms with E-state index in [4.69, 9.17) is 10.5 Å². The van der Waals surface area contributed by atoms with Gasteiger partial charge in [0.2, 0.25) is 0 Å². The number of piperidine rings is 1. The molecule has 0 radical (unpaired) electrons. The minimum atomic E-state index is -0.214. The van der Waals surface area contributed by atoms with Crippen molar-refractivity contribution in [1.82, 2.24) is 10.2 Å². The van der Waals surface area contributed by atoms with Gasteiger partial charge in [0.1, 0.15) is 0 Å². The van der Waals surface area contributed by atoms with Gasteiger partial charge < -0.3 is 20.7 Å². The van der Waals surface area contributed by atoms with Gasteiger partial charge in [0.25, 0.3) is 0 Å². The number of hydrogen-bond donors (Lipinski definition) is 2. The molecular formula is C15H28N4O2S. The zero-order valence-electron chi connectivity index (χ0n) is 13.6. The highest BCUT2D eigenvalue weighted by molar-refractivity contribution is 8.00. The van der Waals surface area contributed by atoms with Crippen molar-refractivity contribution in [2.75, 3.05) is 32.0 Å². The van der Waals surface area contributed by atoms with Gasteiger partial charge in [-0.15, -0.1) is 0 Å². The molecule has 126 valence electrons. The number of hydrogen-bond acceptors (Lipinski definition) is 4. The number of nitrogens with one attached hydrogen (secondary N) is 1. The predicted molar refractivity (Wildman–Crippen MR) is 91.3 cm³/mol. The molecule has 22 heavy (non-hydrogen) atoms. The maximum Gasteiger partial charge on any atom is 0.409 e. The van der Waals surface area contributed by atoms with Crippen LogP contribution in [-0.2, 0) is 4.74 Å². The van der Waals surface area contributed by atoms with Gasteiger partial charge in [0, 0.05) is 23.9 Å². The molecule has 2 heterocycles. The Morgan fingerprint density at radius 2 is 2.23 bits per heavy atom. The van der Waals surface area contributed by atoms with Crippen LogP contribution in [0.3, 0.4) is 0 Å². The van der Waals surface area contributed by atoms with Gasteiger partial charge in [-0.3, -0.25) is 4.99 Å². The van der Waals surface area contributed by atoms with Crippen molar-refractivity contribution in [2.45, 2.75) is 50.3 Å². The third-order valence-corrected chi connectivity index (χ3v) is 5.78. The van der Waals surface area contributed by atoms with Crippen LogP contribution in [0.15, 0.2) is 4.99 Å². The Labute approximate surface area is 137 Å². The molecule has 2 aliphatic heterocycles. The van der Waals surface area contributed by atoms with Crippen LogP contribution in [0.1, 0.15) is 39.5 Å². The molecule has 0 saturated carbocycles. The van der Waals surface area contributed by atoms with Gasteiger partial charge in [-0.2, -0.15) is 11.8 Å². The van der Waals surface area contributed by atoms with Crippen molar-refractivity contribution in [3.63, 3.8) is 0 Å². The largest absolute Gasteiger partial charge is 0.450 e. The molecule has 1 amide bonds. The van der Waals surface area contributed by atoms with Gasteiger partial charge >= 0.3 is 6.09 Å². The van der Waals surface area contributed by atoms with E-state index < -0.39 is 0 Å². The molecule has 0 aliphatic carbocycles. The first-order valence-corrected chi connectivity index (χ1v) is 9.13. The molecular weight excluding hydrogens is 300 g/mol. The van der Waals surface area contributed by atoms with E-state index in [0.29, 0.717) is 31.7 Å². The van der Waals surface area contributed by atoms with Crippen LogP contribution >= 0.6 is 11.8 Å². The first kappa shape index (κ1) is 17.2. The highest BCUT2D eigenvalue weighted by Crippen LogP contribution is 2.37. The maximum absolute atomic E-state index is 11.6. The quantitative estimate of drug-likeness (QED) is 0.607. The van der Waals surface area contributed by atoms with E-state index in [1.807, 2.05) is 18.7 Å². The number of ether oxygens (including phenoxy) is 1. The number of rotatable bonds is 4. The molecule has 2 rings (SSSR count). The minimum absolute atomic E-state index is 0.214. The van der Waals surface area contributed by atoms with E-state index in [-0.39, 0.29) is 10.8 Å². The molecule has 0 aromatic carbocycles. The molecule has 0 spiro atoms. The molecule has 3 N–H and O–H groups in total. The SMILES string of the molecule is CCOC(=O)N1CCC(NC(N)=NCC2(C)CCCS2)CC1. The third-order valence-electron chi connectivity index (χ3n) is 4.26. The molecule has 2 fully saturated rings. The average Bonchev–Trinajstić information content (AvgIpc) is 2.94. The summed E-state index contributed by atoms with van der Waals surface area (Å²) in [6.07, 6.45) is 4.03. The Balaban J connectivity index is 1.72. The van der Waals surface area contributed by atoms with Crippen LogP contribution in [0.5, 0.6) is 0 Å². The van der Waals surface area contributed by atoms with Gasteiger partial charge in [-0.25, -0.2) is 4.79 Å². The van der Waals surface area contributed by atoms with E-state index in [1.165, 1.54) is 18.6 Å². The lowest BCUT2D eigenvalue weighted by Crippen LogP contribution is -2.48. The summed E-state index contributed by atoms with van der Waals surface area (Å²) in [5.74, 6) is 1.76. The van der Waals surface area contributed by atoms with Crippen LogP contribution in [0.2, 0.25) is 0 Å². The number of amides is 1. The molecule has 6 nitrogen and oxygen atoms in total. The van der Waals surface area contributed by atoms with Crippen LogP contribution in [0.4, 0.5) is 4.79 Å². The molecule has 1 atom stereocenters. The zero-order valence-corrected chi connectivity index (χ0v) is 14.5. The average molecular weight is 328 g/mol. The van der Waals surface area contributed by atoms with Gasteiger partial charge in [-0.1, -0.05) is 0 Å². The molecule has 0 aromatic rings. The lowest BCUT2D eigenvalue weighted by molar-refractivity contribution is 0.0963. The number of nitrogens with zero attached hydrogens (tertiary/aromatic N) is 2. The van der Waals surface area contributed by atoms with E-state index in [9.17, 15) is 4.79 Å². The standard InChI is InChI=1S/C15H28N4O2S/c1-3-21-14(20)19-8-5-12(6-9-19)18-13(16)17-11-15(2)7-4-10-22-15/h12H,3-11H2,1-2H3,(H3,16,17,18). The predicted octanol–water partition coefficient (Wildman–Crippen LogP) is 1.80. The molecule has 7 heteroatoms. The van der Waals surface area contributed by atoms with Gasteiger partial charge in [-0.05, 0) is 45.3 Å². The van der Waals surface area contributed by atoms with Crippen molar-refractivity contribution in [1.29, 1.82) is 0 Å². The normalized spacial score (nSPS) is 27.0. The summed E-state index contributed by atoms with van der Waals surface area (Å²) in [6.45, 7) is 6.70. The van der Waals surface area contributed by atoms with Crippen LogP contribution in [0, 0.1) is 0 Å². The number of carbonyl (C=O) groups excluding carboxylic acids is 1. The van der Waals surface area contributed by atoms with Crippen LogP contribution in [0.25, 0.3) is 0 Å². The Bertz CT molecular complexity index is 402. The molecule has 2 aliphatic rings. The van der Waals surface area contributed by atoms with E-state index in [0.717, 1.165) is 19.4 Å². The topological polar surface area (TPSA) is 80.0 Å². The highest BCUT2D eigenvalue weighted by Gasteiger charge is 2.29. The van der Waals surface area contributed by atoms with E-state index >= 15 is 0 Å². The molecule has 1 unspecified atom stereocenters. The minimum Gasteiger partial charge on any atom is -0.450 e. The summed E-state index contributed by atoms with van der Waals surface area (Å²) < 4.78 is 5.27. The lowest BCUT2D eigenvalue weighted by Gasteiger charge is -2.32. The van der Waals surface area contributed by atoms with E-state index in [1.54, 1.807) is 4.90 Å². The summed E-state index contributed by atoms with van der Waals surface area (Å²) >= 11 is 1.99. The van der Waals surface area contributed by atoms with Crippen molar-refractivity contribution >= 4 is 23.8 Å². The number of carbonyl (C=O) groups is 1. The summed E-state index contributed by atoms with van der Waals surface area (Å²) in [5, 5.41) is 3.29. The Morgan fingerprint density at radius 1 is 1.50 bits per heavy atom.